The zero-order valence-corrected chi connectivity index (χ0v) is 11.0. The van der Waals surface area contributed by atoms with Gasteiger partial charge in [0.2, 0.25) is 0 Å². The molecule has 1 aliphatic rings. The Balaban J connectivity index is 2.06. The number of rotatable bonds is 4. The number of hydrogen-bond acceptors (Lipinski definition) is 5. The Morgan fingerprint density at radius 3 is 2.40 bits per heavy atom. The number of hydrogen-bond donors (Lipinski definition) is 4. The summed E-state index contributed by atoms with van der Waals surface area (Å²) in [5.41, 5.74) is 1.37. The summed E-state index contributed by atoms with van der Waals surface area (Å²) in [4.78, 5) is 4.21. The molecule has 1 unspecified atom stereocenters. The van der Waals surface area contributed by atoms with Crippen molar-refractivity contribution in [2.45, 2.75) is 30.8 Å². The molecule has 0 spiro atoms. The third kappa shape index (κ3) is 3.32. The fraction of sp³-hybridized carbons (Fsp3) is 0.400. The standard InChI is InChI=1S/C15H19NO4/c17-9-11-8-12(14(19)15(20)13(11)18)16-7-6-10-4-2-1-3-5-10/h1-5,7-8,12-15,17-20H,6,9H2/b16-7-/t12-,13+,14-,15?/m0/s1. The van der Waals surface area contributed by atoms with E-state index in [1.54, 1.807) is 6.21 Å². The molecule has 0 bridgehead atoms. The molecule has 4 atom stereocenters. The highest BCUT2D eigenvalue weighted by Crippen LogP contribution is 2.21. The maximum Gasteiger partial charge on any atom is 0.112 e. The topological polar surface area (TPSA) is 93.3 Å². The minimum absolute atomic E-state index is 0.282. The minimum atomic E-state index is -1.33. The van der Waals surface area contributed by atoms with Crippen molar-refractivity contribution in [3.63, 3.8) is 0 Å². The number of nitrogens with zero attached hydrogens (tertiary/aromatic N) is 1. The second-order valence-corrected chi connectivity index (χ2v) is 4.84. The first-order valence-electron chi connectivity index (χ1n) is 6.54. The van der Waals surface area contributed by atoms with Crippen molar-refractivity contribution < 1.29 is 20.4 Å². The van der Waals surface area contributed by atoms with Gasteiger partial charge < -0.3 is 20.4 Å². The molecule has 0 amide bonds. The molecule has 0 heterocycles. The van der Waals surface area contributed by atoms with Crippen LogP contribution in [-0.4, -0.2) is 57.6 Å². The Labute approximate surface area is 117 Å². The summed E-state index contributed by atoms with van der Waals surface area (Å²) in [6.45, 7) is -0.365. The quantitative estimate of drug-likeness (QED) is 0.448. The summed E-state index contributed by atoms with van der Waals surface area (Å²) in [6, 6.07) is 9.08. The Kier molecular flexibility index (Phi) is 5.03. The Bertz CT molecular complexity index is 486. The van der Waals surface area contributed by atoms with E-state index in [0.29, 0.717) is 6.42 Å². The van der Waals surface area contributed by atoms with Gasteiger partial charge in [-0.15, -0.1) is 0 Å². The number of aliphatic hydroxyl groups excluding tert-OH is 4. The van der Waals surface area contributed by atoms with Crippen LogP contribution in [0, 0.1) is 0 Å². The van der Waals surface area contributed by atoms with Gasteiger partial charge in [-0.1, -0.05) is 36.4 Å². The number of aliphatic imine (C=N–C) groups is 1. The van der Waals surface area contributed by atoms with Crippen LogP contribution in [0.5, 0.6) is 0 Å². The summed E-state index contributed by atoms with van der Waals surface area (Å²) in [5, 5.41) is 38.3. The largest absolute Gasteiger partial charge is 0.392 e. The van der Waals surface area contributed by atoms with Crippen molar-refractivity contribution in [3.05, 3.63) is 47.5 Å². The van der Waals surface area contributed by atoms with Gasteiger partial charge in [0.15, 0.2) is 0 Å². The molecule has 5 nitrogen and oxygen atoms in total. The average Bonchev–Trinajstić information content (AvgIpc) is 2.48. The molecule has 0 aromatic heterocycles. The molecule has 5 heteroatoms. The molecule has 4 N–H and O–H groups in total. The smallest absolute Gasteiger partial charge is 0.112 e. The zero-order chi connectivity index (χ0) is 14.5. The number of aliphatic hydroxyl groups is 4. The van der Waals surface area contributed by atoms with Crippen molar-refractivity contribution in [1.82, 2.24) is 0 Å². The first-order valence-corrected chi connectivity index (χ1v) is 6.54. The molecule has 0 radical (unpaired) electrons. The van der Waals surface area contributed by atoms with Crippen molar-refractivity contribution in [2.24, 2.45) is 4.99 Å². The van der Waals surface area contributed by atoms with Gasteiger partial charge in [-0.2, -0.15) is 0 Å². The van der Waals surface area contributed by atoms with E-state index in [1.807, 2.05) is 30.3 Å². The van der Waals surface area contributed by atoms with E-state index in [2.05, 4.69) is 4.99 Å². The van der Waals surface area contributed by atoms with Crippen LogP contribution in [0.3, 0.4) is 0 Å². The highest BCUT2D eigenvalue weighted by molar-refractivity contribution is 5.62. The maximum absolute atomic E-state index is 9.87. The van der Waals surface area contributed by atoms with Crippen molar-refractivity contribution in [3.8, 4) is 0 Å². The highest BCUT2D eigenvalue weighted by atomic mass is 16.4. The van der Waals surface area contributed by atoms with Crippen LogP contribution in [0.1, 0.15) is 5.56 Å². The lowest BCUT2D eigenvalue weighted by molar-refractivity contribution is -0.0592. The van der Waals surface area contributed by atoms with Crippen molar-refractivity contribution in [1.29, 1.82) is 0 Å². The molecule has 108 valence electrons. The fourth-order valence-electron chi connectivity index (χ4n) is 2.20. The molecule has 0 saturated heterocycles. The van der Waals surface area contributed by atoms with Crippen LogP contribution in [0.25, 0.3) is 0 Å². The van der Waals surface area contributed by atoms with Crippen LogP contribution in [-0.2, 0) is 6.42 Å². The van der Waals surface area contributed by atoms with E-state index >= 15 is 0 Å². The van der Waals surface area contributed by atoms with Gasteiger partial charge in [-0.05, 0) is 11.1 Å². The minimum Gasteiger partial charge on any atom is -0.392 e. The van der Waals surface area contributed by atoms with E-state index in [-0.39, 0.29) is 12.2 Å². The monoisotopic (exact) mass is 277 g/mol. The second-order valence-electron chi connectivity index (χ2n) is 4.84. The van der Waals surface area contributed by atoms with E-state index in [4.69, 9.17) is 5.11 Å². The van der Waals surface area contributed by atoms with Crippen LogP contribution in [0.4, 0.5) is 0 Å². The Hall–Kier alpha value is -1.53. The lowest BCUT2D eigenvalue weighted by Crippen LogP contribution is -2.48. The van der Waals surface area contributed by atoms with E-state index < -0.39 is 24.4 Å². The molecule has 0 fully saturated rings. The molecule has 20 heavy (non-hydrogen) atoms. The Morgan fingerprint density at radius 1 is 1.05 bits per heavy atom. The first kappa shape index (κ1) is 14.9. The fourth-order valence-corrected chi connectivity index (χ4v) is 2.20. The summed E-state index contributed by atoms with van der Waals surface area (Å²) in [7, 11) is 0. The third-order valence-electron chi connectivity index (χ3n) is 3.42. The van der Waals surface area contributed by atoms with Crippen LogP contribution in [0.2, 0.25) is 0 Å². The third-order valence-corrected chi connectivity index (χ3v) is 3.42. The Morgan fingerprint density at radius 2 is 1.75 bits per heavy atom. The summed E-state index contributed by atoms with van der Waals surface area (Å²) in [5.74, 6) is 0. The van der Waals surface area contributed by atoms with E-state index in [1.165, 1.54) is 6.08 Å². The molecule has 1 aromatic carbocycles. The molecule has 2 rings (SSSR count). The van der Waals surface area contributed by atoms with Gasteiger partial charge in [0.25, 0.3) is 0 Å². The van der Waals surface area contributed by atoms with Crippen LogP contribution < -0.4 is 0 Å². The average molecular weight is 277 g/mol. The maximum atomic E-state index is 9.87. The first-order chi connectivity index (χ1) is 9.63. The van der Waals surface area contributed by atoms with Crippen LogP contribution in [0.15, 0.2) is 47.0 Å². The molecular weight excluding hydrogens is 258 g/mol. The zero-order valence-electron chi connectivity index (χ0n) is 11.0. The van der Waals surface area contributed by atoms with Crippen LogP contribution >= 0.6 is 0 Å². The normalized spacial score (nSPS) is 30.5. The van der Waals surface area contributed by atoms with Gasteiger partial charge in [0, 0.05) is 12.6 Å². The molecule has 0 saturated carbocycles. The predicted octanol–water partition coefficient (Wildman–Crippen LogP) is -0.317. The lowest BCUT2D eigenvalue weighted by Gasteiger charge is -2.32. The van der Waals surface area contributed by atoms with Gasteiger partial charge >= 0.3 is 0 Å². The summed E-state index contributed by atoms with van der Waals surface area (Å²) < 4.78 is 0. The predicted molar refractivity (Wildman–Crippen MR) is 75.6 cm³/mol. The lowest BCUT2D eigenvalue weighted by atomic mass is 9.88. The van der Waals surface area contributed by atoms with Gasteiger partial charge in [-0.3, -0.25) is 4.99 Å². The SMILES string of the molecule is OCC1=C[C@H](/N=C\Cc2ccccc2)[C@H](O)C(O)[C@@H]1O. The van der Waals surface area contributed by atoms with E-state index in [9.17, 15) is 15.3 Å². The van der Waals surface area contributed by atoms with Gasteiger partial charge in [0.1, 0.15) is 18.3 Å². The molecular formula is C15H19NO4. The summed E-state index contributed by atoms with van der Waals surface area (Å²) in [6.07, 6.45) is 0.0390. The van der Waals surface area contributed by atoms with Gasteiger partial charge in [-0.25, -0.2) is 0 Å². The summed E-state index contributed by atoms with van der Waals surface area (Å²) >= 11 is 0. The number of benzene rings is 1. The molecule has 1 aromatic rings. The highest BCUT2D eigenvalue weighted by Gasteiger charge is 2.36. The van der Waals surface area contributed by atoms with Crippen molar-refractivity contribution >= 4 is 6.21 Å². The van der Waals surface area contributed by atoms with E-state index in [0.717, 1.165) is 5.56 Å². The van der Waals surface area contributed by atoms with Crippen molar-refractivity contribution in [2.75, 3.05) is 6.61 Å². The molecule has 1 aliphatic carbocycles. The molecule has 0 aliphatic heterocycles. The second kappa shape index (κ2) is 6.76. The van der Waals surface area contributed by atoms with Gasteiger partial charge in [0.05, 0.1) is 12.6 Å².